The summed E-state index contributed by atoms with van der Waals surface area (Å²) in [4.78, 5) is 2.58. The molecule has 0 amide bonds. The lowest BCUT2D eigenvalue weighted by Gasteiger charge is -2.38. The van der Waals surface area contributed by atoms with Gasteiger partial charge >= 0.3 is 6.18 Å². The molecule has 1 heterocycles. The van der Waals surface area contributed by atoms with Gasteiger partial charge < -0.3 is 14.8 Å². The molecule has 1 aromatic carbocycles. The smallest absolute Gasteiger partial charge is 0.417 e. The zero-order valence-corrected chi connectivity index (χ0v) is 17.7. The second-order valence-electron chi connectivity index (χ2n) is 8.20. The van der Waals surface area contributed by atoms with Crippen molar-refractivity contribution in [1.29, 1.82) is 0 Å². The van der Waals surface area contributed by atoms with Crippen LogP contribution < -0.4 is 4.74 Å². The quantitative estimate of drug-likeness (QED) is 0.367. The van der Waals surface area contributed by atoms with Gasteiger partial charge in [-0.05, 0) is 48.1 Å². The van der Waals surface area contributed by atoms with E-state index in [9.17, 15) is 27.1 Å². The molecule has 2 aromatic rings. The van der Waals surface area contributed by atoms with Crippen LogP contribution in [-0.2, 0) is 18.3 Å². The number of rotatable bonds is 9. The molecule has 0 saturated carbocycles. The molecule has 0 spiro atoms. The van der Waals surface area contributed by atoms with Crippen molar-refractivity contribution in [3.63, 3.8) is 0 Å². The summed E-state index contributed by atoms with van der Waals surface area (Å²) < 4.78 is 74.8. The first kappa shape index (κ1) is 24.7. The van der Waals surface area contributed by atoms with Gasteiger partial charge in [-0.15, -0.1) is 6.58 Å². The number of methoxy groups -OCH3 is 1. The fourth-order valence-corrected chi connectivity index (χ4v) is 3.83. The molecule has 31 heavy (non-hydrogen) atoms. The van der Waals surface area contributed by atoms with Crippen LogP contribution in [0, 0.1) is 5.82 Å². The van der Waals surface area contributed by atoms with Gasteiger partial charge in [0.05, 0.1) is 12.8 Å². The second-order valence-corrected chi connectivity index (χ2v) is 8.20. The second kappa shape index (κ2) is 8.86. The molecule has 0 aliphatic carbocycles. The van der Waals surface area contributed by atoms with Gasteiger partial charge in [-0.3, -0.25) is 0 Å². The number of hydrogen-bond acceptors (Lipinski definition) is 2. The molecule has 0 saturated heterocycles. The summed E-state index contributed by atoms with van der Waals surface area (Å²) >= 11 is 0. The number of allylic oxidation sites excluding steroid dienone is 1. The minimum Gasteiger partial charge on any atom is -0.496 e. The molecule has 1 atom stereocenters. The summed E-state index contributed by atoms with van der Waals surface area (Å²) in [6.07, 6.45) is -4.96. The van der Waals surface area contributed by atoms with E-state index in [0.29, 0.717) is 5.56 Å². The number of benzene rings is 1. The van der Waals surface area contributed by atoms with Crippen molar-refractivity contribution in [2.45, 2.75) is 50.3 Å². The first-order valence-corrected chi connectivity index (χ1v) is 9.53. The Morgan fingerprint density at radius 3 is 2.39 bits per heavy atom. The van der Waals surface area contributed by atoms with E-state index in [0.717, 1.165) is 12.1 Å². The van der Waals surface area contributed by atoms with E-state index in [1.54, 1.807) is 0 Å². The fourth-order valence-electron chi connectivity index (χ4n) is 3.83. The highest BCUT2D eigenvalue weighted by atomic mass is 19.4. The van der Waals surface area contributed by atoms with Crippen molar-refractivity contribution in [3.05, 3.63) is 71.8 Å². The molecule has 2 rings (SSSR count). The van der Waals surface area contributed by atoms with Gasteiger partial charge in [0.15, 0.2) is 5.60 Å². The highest BCUT2D eigenvalue weighted by molar-refractivity contribution is 5.58. The third kappa shape index (κ3) is 5.36. The van der Waals surface area contributed by atoms with E-state index < -0.39 is 41.7 Å². The summed E-state index contributed by atoms with van der Waals surface area (Å²) in [6.45, 7) is 9.67. The molecule has 170 valence electrons. The molecular formula is C23H26F5NO2. The third-order valence-electron chi connectivity index (χ3n) is 5.23. The van der Waals surface area contributed by atoms with Crippen molar-refractivity contribution < 1.29 is 31.8 Å². The Labute approximate surface area is 178 Å². The van der Waals surface area contributed by atoms with Crippen molar-refractivity contribution in [2.75, 3.05) is 7.11 Å². The lowest BCUT2D eigenvalue weighted by atomic mass is 9.73. The van der Waals surface area contributed by atoms with Gasteiger partial charge in [-0.25, -0.2) is 8.78 Å². The normalized spacial score (nSPS) is 14.2. The SMILES string of the molecule is C=CCc1cc(CC(O)(CC(C)(C)c2cc(F)ccc2OC)C(F)(F)F)[nH]c1C(=C)F. The average Bonchev–Trinajstić information content (AvgIpc) is 3.03. The summed E-state index contributed by atoms with van der Waals surface area (Å²) in [5, 5.41) is 10.8. The number of halogens is 5. The summed E-state index contributed by atoms with van der Waals surface area (Å²) in [6, 6.07) is 4.91. The number of ether oxygens (including phenoxy) is 1. The van der Waals surface area contributed by atoms with Crippen LogP contribution in [0.4, 0.5) is 22.0 Å². The summed E-state index contributed by atoms with van der Waals surface area (Å²) in [5.41, 5.74) is -3.97. The van der Waals surface area contributed by atoms with E-state index in [1.165, 1.54) is 39.2 Å². The topological polar surface area (TPSA) is 45.2 Å². The van der Waals surface area contributed by atoms with E-state index >= 15 is 0 Å². The zero-order chi connectivity index (χ0) is 23.6. The minimum atomic E-state index is -5.01. The maximum absolute atomic E-state index is 14.0. The Bertz CT molecular complexity index is 961. The third-order valence-corrected chi connectivity index (χ3v) is 5.23. The first-order chi connectivity index (χ1) is 14.2. The lowest BCUT2D eigenvalue weighted by molar-refractivity contribution is -0.266. The fraction of sp³-hybridized carbons (Fsp3) is 0.391. The number of nitrogens with one attached hydrogen (secondary N) is 1. The number of aromatic amines is 1. The number of alkyl halides is 3. The number of aromatic nitrogens is 1. The summed E-state index contributed by atoms with van der Waals surface area (Å²) in [5.74, 6) is -1.26. The van der Waals surface area contributed by atoms with Crippen LogP contribution in [0.25, 0.3) is 5.83 Å². The molecule has 0 aliphatic heterocycles. The zero-order valence-electron chi connectivity index (χ0n) is 17.7. The van der Waals surface area contributed by atoms with Gasteiger partial charge in [-0.2, -0.15) is 13.2 Å². The van der Waals surface area contributed by atoms with Crippen LogP contribution >= 0.6 is 0 Å². The highest BCUT2D eigenvalue weighted by Crippen LogP contribution is 2.45. The van der Waals surface area contributed by atoms with E-state index in [-0.39, 0.29) is 29.1 Å². The van der Waals surface area contributed by atoms with Gasteiger partial charge in [0.2, 0.25) is 0 Å². The molecule has 0 radical (unpaired) electrons. The molecule has 1 unspecified atom stereocenters. The van der Waals surface area contributed by atoms with Crippen LogP contribution in [-0.4, -0.2) is 29.0 Å². The Morgan fingerprint density at radius 1 is 1.23 bits per heavy atom. The maximum atomic E-state index is 14.0. The van der Waals surface area contributed by atoms with Crippen molar-refractivity contribution in [1.82, 2.24) is 4.98 Å². The molecule has 3 nitrogen and oxygen atoms in total. The van der Waals surface area contributed by atoms with Gasteiger partial charge in [0.25, 0.3) is 0 Å². The predicted molar refractivity (Wildman–Crippen MR) is 110 cm³/mol. The number of H-pyrrole nitrogens is 1. The molecular weight excluding hydrogens is 417 g/mol. The van der Waals surface area contributed by atoms with Crippen molar-refractivity contribution >= 4 is 5.83 Å². The molecule has 1 aromatic heterocycles. The molecule has 0 bridgehead atoms. The molecule has 0 fully saturated rings. The standard InChI is InChI=1S/C23H26F5NO2/c1-6-7-15-10-17(29-20(15)14(2)24)12-22(30,23(26,27)28)13-21(3,4)18-11-16(25)8-9-19(18)31-5/h6,8-11,29-30H,1-2,7,12-13H2,3-5H3. The lowest BCUT2D eigenvalue weighted by Crippen LogP contribution is -2.51. The Balaban J connectivity index is 2.48. The molecule has 0 aliphatic rings. The number of aliphatic hydroxyl groups is 1. The first-order valence-electron chi connectivity index (χ1n) is 9.53. The van der Waals surface area contributed by atoms with Crippen LogP contribution in [0.1, 0.15) is 42.8 Å². The van der Waals surface area contributed by atoms with Crippen LogP contribution in [0.3, 0.4) is 0 Å². The maximum Gasteiger partial charge on any atom is 0.417 e. The highest BCUT2D eigenvalue weighted by Gasteiger charge is 2.56. The van der Waals surface area contributed by atoms with Gasteiger partial charge in [0.1, 0.15) is 17.4 Å². The Hall–Kier alpha value is -2.61. The van der Waals surface area contributed by atoms with Gasteiger partial charge in [0, 0.05) is 17.7 Å². The van der Waals surface area contributed by atoms with Crippen LogP contribution in [0.5, 0.6) is 5.75 Å². The largest absolute Gasteiger partial charge is 0.496 e. The van der Waals surface area contributed by atoms with Crippen molar-refractivity contribution in [2.24, 2.45) is 0 Å². The van der Waals surface area contributed by atoms with E-state index in [2.05, 4.69) is 18.1 Å². The molecule has 8 heteroatoms. The monoisotopic (exact) mass is 443 g/mol. The average molecular weight is 443 g/mol. The molecule has 2 N–H and O–H groups in total. The Morgan fingerprint density at radius 2 is 1.87 bits per heavy atom. The minimum absolute atomic E-state index is 0.00696. The predicted octanol–water partition coefficient (Wildman–Crippen LogP) is 6.03. The van der Waals surface area contributed by atoms with Crippen molar-refractivity contribution in [3.8, 4) is 5.75 Å². The van der Waals surface area contributed by atoms with E-state index in [1.807, 2.05) is 0 Å². The van der Waals surface area contributed by atoms with E-state index in [4.69, 9.17) is 4.74 Å². The van der Waals surface area contributed by atoms with Gasteiger partial charge in [-0.1, -0.05) is 26.5 Å². The number of hydrogen-bond donors (Lipinski definition) is 2. The van der Waals surface area contributed by atoms with Crippen LogP contribution in [0.2, 0.25) is 0 Å². The summed E-state index contributed by atoms with van der Waals surface area (Å²) in [7, 11) is 1.33. The van der Waals surface area contributed by atoms with Crippen LogP contribution in [0.15, 0.2) is 43.5 Å². The Kier molecular flexibility index (Phi) is 7.05.